The summed E-state index contributed by atoms with van der Waals surface area (Å²) >= 11 is 0. The van der Waals surface area contributed by atoms with Gasteiger partial charge in [0.15, 0.2) is 0 Å². The van der Waals surface area contributed by atoms with Crippen LogP contribution in [0.5, 0.6) is 0 Å². The average Bonchev–Trinajstić information content (AvgIpc) is 3.45. The molecule has 2 aromatic heterocycles. The Hall–Kier alpha value is -5.13. The summed E-state index contributed by atoms with van der Waals surface area (Å²) in [5.41, 5.74) is 5.53. The molecule has 2 aliphatic rings. The third-order valence-electron chi connectivity index (χ3n) is 7.18. The number of anilines is 2. The van der Waals surface area contributed by atoms with E-state index >= 15 is 0 Å². The van der Waals surface area contributed by atoms with Gasteiger partial charge in [-0.2, -0.15) is 10.5 Å². The first-order valence-corrected chi connectivity index (χ1v) is 11.9. The maximum absolute atomic E-state index is 9.51. The first-order valence-electron chi connectivity index (χ1n) is 11.9. The van der Waals surface area contributed by atoms with Crippen molar-refractivity contribution in [3.8, 4) is 18.0 Å². The maximum atomic E-state index is 9.51. The van der Waals surface area contributed by atoms with Crippen LogP contribution >= 0.6 is 0 Å². The van der Waals surface area contributed by atoms with Crippen LogP contribution in [-0.4, -0.2) is 15.6 Å². The minimum absolute atomic E-state index is 0.0213. The smallest absolute Gasteiger partial charge is 0.140 e. The van der Waals surface area contributed by atoms with E-state index in [1.54, 1.807) is 0 Å². The number of aromatic nitrogens is 2. The standard InChI is InChI=1S/C31H19N5/c32-18-20-12-14-28-24(16-20)25-17-21(19-33)13-15-29(25)36(28)31-11-5-10-30(34-31)35-26-8-3-1-6-22(26)23-7-2-4-9-27(23)35/h1-17,24,28H. The zero-order chi connectivity index (χ0) is 24.2. The number of para-hydroxylation sites is 2. The summed E-state index contributed by atoms with van der Waals surface area (Å²) < 4.78 is 2.21. The van der Waals surface area contributed by atoms with Crippen LogP contribution < -0.4 is 4.90 Å². The Morgan fingerprint density at radius 1 is 0.750 bits per heavy atom. The first kappa shape index (κ1) is 20.3. The fourth-order valence-electron chi connectivity index (χ4n) is 5.65. The third-order valence-corrected chi connectivity index (χ3v) is 7.18. The Balaban J connectivity index is 1.43. The van der Waals surface area contributed by atoms with E-state index in [0.717, 1.165) is 33.9 Å². The molecule has 36 heavy (non-hydrogen) atoms. The first-order chi connectivity index (χ1) is 17.8. The molecule has 0 spiro atoms. The van der Waals surface area contributed by atoms with Gasteiger partial charge in [-0.15, -0.1) is 0 Å². The van der Waals surface area contributed by atoms with Crippen molar-refractivity contribution in [2.45, 2.75) is 12.0 Å². The molecule has 1 aliphatic carbocycles. The largest absolute Gasteiger partial charge is 0.318 e. The summed E-state index contributed by atoms with van der Waals surface area (Å²) in [4.78, 5) is 7.40. The minimum Gasteiger partial charge on any atom is -0.318 e. The summed E-state index contributed by atoms with van der Waals surface area (Å²) in [5, 5.41) is 21.4. The lowest BCUT2D eigenvalue weighted by Gasteiger charge is -2.28. The molecule has 2 unspecified atom stereocenters. The number of nitrogens with zero attached hydrogens (tertiary/aromatic N) is 5. The zero-order valence-electron chi connectivity index (χ0n) is 19.2. The summed E-state index contributed by atoms with van der Waals surface area (Å²) in [6.07, 6.45) is 5.95. The monoisotopic (exact) mass is 461 g/mol. The molecule has 0 saturated carbocycles. The lowest BCUT2D eigenvalue weighted by Crippen LogP contribution is -2.29. The van der Waals surface area contributed by atoms with Crippen LogP contribution in [0.25, 0.3) is 27.6 Å². The maximum Gasteiger partial charge on any atom is 0.140 e. The van der Waals surface area contributed by atoms with Gasteiger partial charge in [0.25, 0.3) is 0 Å². The van der Waals surface area contributed by atoms with E-state index < -0.39 is 0 Å². The highest BCUT2D eigenvalue weighted by molar-refractivity contribution is 6.09. The molecule has 0 amide bonds. The second-order valence-electron chi connectivity index (χ2n) is 9.09. The molecule has 0 saturated heterocycles. The topological polar surface area (TPSA) is 68.6 Å². The summed E-state index contributed by atoms with van der Waals surface area (Å²) in [6.45, 7) is 0. The molecular formula is C31H19N5. The van der Waals surface area contributed by atoms with Crippen LogP contribution in [0.4, 0.5) is 11.5 Å². The van der Waals surface area contributed by atoms with Gasteiger partial charge in [0.1, 0.15) is 11.6 Å². The molecule has 5 aromatic rings. The van der Waals surface area contributed by atoms with Gasteiger partial charge in [0, 0.05) is 28.0 Å². The molecular weight excluding hydrogens is 442 g/mol. The minimum atomic E-state index is -0.0216. The van der Waals surface area contributed by atoms with E-state index in [1.807, 2.05) is 48.6 Å². The van der Waals surface area contributed by atoms with Crippen molar-refractivity contribution in [3.63, 3.8) is 0 Å². The van der Waals surface area contributed by atoms with Gasteiger partial charge in [-0.3, -0.25) is 4.57 Å². The molecule has 3 aromatic carbocycles. The number of fused-ring (bicyclic) bond motifs is 6. The van der Waals surface area contributed by atoms with E-state index in [0.29, 0.717) is 11.1 Å². The molecule has 2 atom stereocenters. The van der Waals surface area contributed by atoms with Crippen molar-refractivity contribution in [1.82, 2.24) is 9.55 Å². The number of benzene rings is 3. The van der Waals surface area contributed by atoms with Crippen molar-refractivity contribution >= 4 is 33.3 Å². The Morgan fingerprint density at radius 2 is 1.47 bits per heavy atom. The van der Waals surface area contributed by atoms with Crippen LogP contribution in [0.15, 0.2) is 109 Å². The van der Waals surface area contributed by atoms with Gasteiger partial charge in [0.2, 0.25) is 0 Å². The molecule has 5 nitrogen and oxygen atoms in total. The molecule has 0 radical (unpaired) electrons. The van der Waals surface area contributed by atoms with Crippen molar-refractivity contribution in [3.05, 3.63) is 120 Å². The van der Waals surface area contributed by atoms with Crippen LogP contribution in [0.3, 0.4) is 0 Å². The summed E-state index contributed by atoms with van der Waals surface area (Å²) in [6, 6.07) is 33.2. The SMILES string of the molecule is N#CC1=CC2c3cc(C#N)ccc3N(c3cccc(-n4c5ccccc5c5ccccc54)n3)C2C=C1. The molecule has 0 bridgehead atoms. The lowest BCUT2D eigenvalue weighted by molar-refractivity contribution is 0.734. The van der Waals surface area contributed by atoms with Gasteiger partial charge in [-0.25, -0.2) is 4.98 Å². The highest BCUT2D eigenvalue weighted by atomic mass is 15.3. The lowest BCUT2D eigenvalue weighted by atomic mass is 9.88. The highest BCUT2D eigenvalue weighted by Crippen LogP contribution is 2.48. The molecule has 5 heteroatoms. The number of hydrogen-bond donors (Lipinski definition) is 0. The molecule has 7 rings (SSSR count). The number of nitriles is 2. The normalized spacial score (nSPS) is 17.9. The van der Waals surface area contributed by atoms with Gasteiger partial charge >= 0.3 is 0 Å². The van der Waals surface area contributed by atoms with Gasteiger partial charge in [-0.1, -0.05) is 54.6 Å². The second kappa shape index (κ2) is 7.70. The number of allylic oxidation sites excluding steroid dienone is 2. The fourth-order valence-corrected chi connectivity index (χ4v) is 5.65. The van der Waals surface area contributed by atoms with Crippen LogP contribution in [0, 0.1) is 22.7 Å². The third kappa shape index (κ3) is 2.84. The zero-order valence-corrected chi connectivity index (χ0v) is 19.2. The molecule has 3 heterocycles. The van der Waals surface area contributed by atoms with Crippen molar-refractivity contribution in [2.24, 2.45) is 0 Å². The van der Waals surface area contributed by atoms with E-state index in [1.165, 1.54) is 10.8 Å². The molecule has 1 aliphatic heterocycles. The predicted octanol–water partition coefficient (Wildman–Crippen LogP) is 6.67. The summed E-state index contributed by atoms with van der Waals surface area (Å²) in [5.74, 6) is 1.65. The highest BCUT2D eigenvalue weighted by Gasteiger charge is 2.39. The molecule has 0 N–H and O–H groups in total. The Morgan fingerprint density at radius 3 is 2.19 bits per heavy atom. The van der Waals surface area contributed by atoms with Crippen LogP contribution in [0.2, 0.25) is 0 Å². The van der Waals surface area contributed by atoms with Crippen molar-refractivity contribution in [2.75, 3.05) is 4.90 Å². The second-order valence-corrected chi connectivity index (χ2v) is 9.09. The van der Waals surface area contributed by atoms with Crippen LogP contribution in [0.1, 0.15) is 17.0 Å². The Bertz CT molecular complexity index is 1790. The number of pyridine rings is 1. The predicted molar refractivity (Wildman–Crippen MR) is 141 cm³/mol. The van der Waals surface area contributed by atoms with Crippen molar-refractivity contribution < 1.29 is 0 Å². The van der Waals surface area contributed by atoms with Gasteiger partial charge in [-0.05, 0) is 54.1 Å². The van der Waals surface area contributed by atoms with E-state index in [9.17, 15) is 10.5 Å². The Kier molecular flexibility index (Phi) is 4.33. The quantitative estimate of drug-likeness (QED) is 0.294. The number of rotatable bonds is 2. The van der Waals surface area contributed by atoms with Crippen molar-refractivity contribution in [1.29, 1.82) is 10.5 Å². The molecule has 168 valence electrons. The van der Waals surface area contributed by atoms with Gasteiger partial charge < -0.3 is 4.90 Å². The fraction of sp³-hybridized carbons (Fsp3) is 0.0645. The van der Waals surface area contributed by atoms with Crippen LogP contribution in [-0.2, 0) is 0 Å². The van der Waals surface area contributed by atoms with E-state index in [2.05, 4.69) is 76.2 Å². The van der Waals surface area contributed by atoms with Gasteiger partial charge in [0.05, 0.1) is 34.8 Å². The number of hydrogen-bond acceptors (Lipinski definition) is 4. The van der Waals surface area contributed by atoms with E-state index in [-0.39, 0.29) is 12.0 Å². The summed E-state index contributed by atoms with van der Waals surface area (Å²) in [7, 11) is 0. The Labute approximate surface area is 208 Å². The van der Waals surface area contributed by atoms with E-state index in [4.69, 9.17) is 4.98 Å². The molecule has 0 fully saturated rings. The average molecular weight is 462 g/mol.